The van der Waals surface area contributed by atoms with Gasteiger partial charge in [-0.2, -0.15) is 0 Å². The van der Waals surface area contributed by atoms with E-state index in [1.807, 2.05) is 24.3 Å². The summed E-state index contributed by atoms with van der Waals surface area (Å²) in [6.07, 6.45) is 5.08. The normalized spacial score (nSPS) is 13.9. The first-order valence-electron chi connectivity index (χ1n) is 10.4. The van der Waals surface area contributed by atoms with Crippen molar-refractivity contribution >= 4 is 28.4 Å². The van der Waals surface area contributed by atoms with Gasteiger partial charge in [-0.15, -0.1) is 0 Å². The second-order valence-electron chi connectivity index (χ2n) is 7.59. The smallest absolute Gasteiger partial charge is 0.321 e. The average molecular weight is 428 g/mol. The molecule has 32 heavy (non-hydrogen) atoms. The van der Waals surface area contributed by atoms with Crippen LogP contribution in [0.4, 0.5) is 20.7 Å². The number of carbonyl (C=O) groups excluding carboxylic acids is 1. The van der Waals surface area contributed by atoms with Crippen LogP contribution in [0.5, 0.6) is 0 Å². The van der Waals surface area contributed by atoms with Gasteiger partial charge in [-0.3, -0.25) is 0 Å². The number of nitrogens with zero attached hydrogens (tertiary/aromatic N) is 5. The number of halogens is 1. The Hall–Kier alpha value is -4.07. The van der Waals surface area contributed by atoms with Crippen LogP contribution in [0.2, 0.25) is 0 Å². The largest absolute Gasteiger partial charge is 0.353 e. The summed E-state index contributed by atoms with van der Waals surface area (Å²) in [5.41, 5.74) is 3.25. The molecule has 0 spiro atoms. The third kappa shape index (κ3) is 4.07. The van der Waals surface area contributed by atoms with Crippen LogP contribution in [0.15, 0.2) is 73.3 Å². The van der Waals surface area contributed by atoms with E-state index in [0.717, 1.165) is 27.8 Å². The topological polar surface area (TPSA) is 74.2 Å². The Bertz CT molecular complexity index is 1260. The second-order valence-corrected chi connectivity index (χ2v) is 7.59. The molecule has 2 aromatic heterocycles. The molecule has 5 rings (SSSR count). The van der Waals surface area contributed by atoms with Gasteiger partial charge in [0.05, 0.1) is 5.52 Å². The van der Waals surface area contributed by atoms with Gasteiger partial charge in [-0.1, -0.05) is 24.3 Å². The van der Waals surface area contributed by atoms with Crippen LogP contribution in [-0.2, 0) is 0 Å². The van der Waals surface area contributed by atoms with Crippen molar-refractivity contribution in [1.82, 2.24) is 19.9 Å². The lowest BCUT2D eigenvalue weighted by Gasteiger charge is -2.35. The third-order valence-electron chi connectivity index (χ3n) is 5.54. The van der Waals surface area contributed by atoms with Crippen molar-refractivity contribution in [2.45, 2.75) is 0 Å². The predicted octanol–water partition coefficient (Wildman–Crippen LogP) is 4.19. The Morgan fingerprint density at radius 2 is 1.72 bits per heavy atom. The molecule has 4 aromatic rings. The van der Waals surface area contributed by atoms with Gasteiger partial charge >= 0.3 is 6.03 Å². The molecule has 0 saturated carbocycles. The summed E-state index contributed by atoms with van der Waals surface area (Å²) in [5.74, 6) is 0.489. The van der Waals surface area contributed by atoms with E-state index in [0.29, 0.717) is 31.9 Å². The molecule has 1 saturated heterocycles. The number of anilines is 2. The highest BCUT2D eigenvalue weighted by Gasteiger charge is 2.22. The second kappa shape index (κ2) is 8.58. The fraction of sp³-hybridized carbons (Fsp3) is 0.167. The highest BCUT2D eigenvalue weighted by atomic mass is 19.1. The number of amides is 2. The minimum absolute atomic E-state index is 0.229. The van der Waals surface area contributed by atoms with E-state index < -0.39 is 0 Å². The molecule has 1 aliphatic heterocycles. The molecule has 1 aliphatic rings. The van der Waals surface area contributed by atoms with Crippen LogP contribution >= 0.6 is 0 Å². The molecular formula is C24H21FN6O. The number of nitrogens with one attached hydrogen (secondary N) is 1. The molecule has 0 unspecified atom stereocenters. The molecule has 160 valence electrons. The lowest BCUT2D eigenvalue weighted by Crippen LogP contribution is -2.50. The minimum Gasteiger partial charge on any atom is -0.353 e. The van der Waals surface area contributed by atoms with E-state index >= 15 is 0 Å². The molecule has 8 heteroatoms. The Labute approximate surface area is 184 Å². The minimum atomic E-state index is -0.378. The maximum atomic E-state index is 13.4. The van der Waals surface area contributed by atoms with E-state index in [1.165, 1.54) is 18.5 Å². The van der Waals surface area contributed by atoms with Gasteiger partial charge in [0.1, 0.15) is 18.0 Å². The monoisotopic (exact) mass is 428 g/mol. The van der Waals surface area contributed by atoms with E-state index in [4.69, 9.17) is 4.98 Å². The zero-order valence-corrected chi connectivity index (χ0v) is 17.3. The van der Waals surface area contributed by atoms with Gasteiger partial charge in [0.15, 0.2) is 0 Å². The quantitative estimate of drug-likeness (QED) is 0.530. The van der Waals surface area contributed by atoms with Crippen molar-refractivity contribution in [3.8, 4) is 11.1 Å². The molecule has 0 bridgehead atoms. The van der Waals surface area contributed by atoms with Crippen LogP contribution < -0.4 is 10.2 Å². The maximum absolute atomic E-state index is 13.4. The number of carbonyl (C=O) groups is 1. The van der Waals surface area contributed by atoms with E-state index in [1.54, 1.807) is 29.4 Å². The first kappa shape index (κ1) is 19.9. The average Bonchev–Trinajstić information content (AvgIpc) is 2.84. The number of para-hydroxylation sites is 1. The Morgan fingerprint density at radius 1 is 0.938 bits per heavy atom. The van der Waals surface area contributed by atoms with Gasteiger partial charge in [-0.05, 0) is 30.3 Å². The summed E-state index contributed by atoms with van der Waals surface area (Å²) in [4.78, 5) is 29.6. The van der Waals surface area contributed by atoms with Crippen molar-refractivity contribution in [3.05, 3.63) is 79.1 Å². The van der Waals surface area contributed by atoms with Crippen LogP contribution in [-0.4, -0.2) is 52.1 Å². The van der Waals surface area contributed by atoms with E-state index in [9.17, 15) is 9.18 Å². The van der Waals surface area contributed by atoms with Gasteiger partial charge in [0.2, 0.25) is 0 Å². The summed E-state index contributed by atoms with van der Waals surface area (Å²) in [7, 11) is 0. The molecule has 3 heterocycles. The lowest BCUT2D eigenvalue weighted by molar-refractivity contribution is 0.208. The molecule has 0 radical (unpaired) electrons. The molecular weight excluding hydrogens is 407 g/mol. The maximum Gasteiger partial charge on any atom is 0.321 e. The summed E-state index contributed by atoms with van der Waals surface area (Å²) in [6, 6.07) is 15.8. The Kier molecular flexibility index (Phi) is 5.33. The molecule has 1 N–H and O–H groups in total. The highest BCUT2D eigenvalue weighted by Crippen LogP contribution is 2.28. The molecule has 0 aliphatic carbocycles. The van der Waals surface area contributed by atoms with Gasteiger partial charge in [0, 0.05) is 60.8 Å². The standard InChI is InChI=1S/C24H21FN6O/c25-19-4-2-5-20(13-19)28-24(32)31-11-9-30(10-12-31)22-8-7-17-3-1-6-21(23(17)29-22)18-14-26-16-27-15-18/h1-8,13-16H,9-12H2,(H,28,32). The lowest BCUT2D eigenvalue weighted by atomic mass is 10.0. The number of benzene rings is 2. The van der Waals surface area contributed by atoms with Gasteiger partial charge in [0.25, 0.3) is 0 Å². The van der Waals surface area contributed by atoms with Gasteiger partial charge < -0.3 is 15.1 Å². The number of fused-ring (bicyclic) bond motifs is 1. The van der Waals surface area contributed by atoms with E-state index in [-0.39, 0.29) is 11.8 Å². The van der Waals surface area contributed by atoms with Crippen molar-refractivity contribution in [3.63, 3.8) is 0 Å². The predicted molar refractivity (Wildman–Crippen MR) is 122 cm³/mol. The molecule has 2 aromatic carbocycles. The van der Waals surface area contributed by atoms with Crippen LogP contribution in [0.1, 0.15) is 0 Å². The summed E-state index contributed by atoms with van der Waals surface area (Å²) in [6.45, 7) is 2.42. The van der Waals surface area contributed by atoms with Crippen molar-refractivity contribution in [2.75, 3.05) is 36.4 Å². The van der Waals surface area contributed by atoms with Crippen molar-refractivity contribution < 1.29 is 9.18 Å². The van der Waals surface area contributed by atoms with E-state index in [2.05, 4.69) is 26.3 Å². The number of rotatable bonds is 3. The first-order chi connectivity index (χ1) is 15.7. The highest BCUT2D eigenvalue weighted by molar-refractivity contribution is 5.94. The number of aromatic nitrogens is 3. The summed E-state index contributed by atoms with van der Waals surface area (Å²) < 4.78 is 13.4. The van der Waals surface area contributed by atoms with Crippen LogP contribution in [0.25, 0.3) is 22.0 Å². The van der Waals surface area contributed by atoms with Crippen molar-refractivity contribution in [2.24, 2.45) is 0 Å². The fourth-order valence-electron chi connectivity index (χ4n) is 3.89. The Balaban J connectivity index is 1.31. The SMILES string of the molecule is O=C(Nc1cccc(F)c1)N1CCN(c2ccc3cccc(-c4cncnc4)c3n2)CC1. The number of hydrogen-bond acceptors (Lipinski definition) is 5. The van der Waals surface area contributed by atoms with Crippen molar-refractivity contribution in [1.29, 1.82) is 0 Å². The third-order valence-corrected chi connectivity index (χ3v) is 5.54. The Morgan fingerprint density at radius 3 is 2.50 bits per heavy atom. The summed E-state index contributed by atoms with van der Waals surface area (Å²) >= 11 is 0. The first-order valence-corrected chi connectivity index (χ1v) is 10.4. The number of urea groups is 1. The molecule has 2 amide bonds. The van der Waals surface area contributed by atoms with Crippen LogP contribution in [0, 0.1) is 5.82 Å². The number of pyridine rings is 1. The van der Waals surface area contributed by atoms with Crippen LogP contribution in [0.3, 0.4) is 0 Å². The summed E-state index contributed by atoms with van der Waals surface area (Å²) in [5, 5.41) is 3.80. The number of hydrogen-bond donors (Lipinski definition) is 1. The van der Waals surface area contributed by atoms with Gasteiger partial charge in [-0.25, -0.2) is 24.1 Å². The zero-order valence-electron chi connectivity index (χ0n) is 17.3. The zero-order chi connectivity index (χ0) is 21.9. The fourth-order valence-corrected chi connectivity index (χ4v) is 3.89. The number of piperazine rings is 1. The molecule has 1 fully saturated rings. The molecule has 7 nitrogen and oxygen atoms in total. The molecule has 0 atom stereocenters.